The van der Waals surface area contributed by atoms with Crippen LogP contribution in [0.4, 0.5) is 20.6 Å². The summed E-state index contributed by atoms with van der Waals surface area (Å²) < 4.78 is 52.5. The molecule has 3 N–H and O–H groups in total. The lowest BCUT2D eigenvalue weighted by Crippen LogP contribution is -2.22. The second-order valence-corrected chi connectivity index (χ2v) is 10.6. The Balaban J connectivity index is 1.70. The number of hydrogen-bond donors (Lipinski definition) is 3. The van der Waals surface area contributed by atoms with Gasteiger partial charge in [-0.1, -0.05) is 17.7 Å². The van der Waals surface area contributed by atoms with Crippen molar-refractivity contribution >= 4 is 73.2 Å². The van der Waals surface area contributed by atoms with Gasteiger partial charge in [0.2, 0.25) is 0 Å². The molecule has 2 amide bonds. The number of carbonyl (C=O) groups excluding carboxylic acids is 2. The fraction of sp³-hybridized carbons (Fsp3) is 0.0870. The quantitative estimate of drug-likeness (QED) is 0.261. The highest BCUT2D eigenvalue weighted by Gasteiger charge is 2.28. The number of carbonyl (C=O) groups is 3. The Bertz CT molecular complexity index is 1710. The van der Waals surface area contributed by atoms with Crippen molar-refractivity contribution in [3.8, 4) is 5.75 Å². The van der Waals surface area contributed by atoms with Crippen LogP contribution in [0.25, 0.3) is 10.9 Å². The van der Waals surface area contributed by atoms with Crippen LogP contribution in [0.15, 0.2) is 52.9 Å². The van der Waals surface area contributed by atoms with Gasteiger partial charge in [0.15, 0.2) is 5.82 Å². The number of nitrogens with zero attached hydrogens (tertiary/aromatic N) is 1. The number of hydrogen-bond acceptors (Lipinski definition) is 8. The summed E-state index contributed by atoms with van der Waals surface area (Å²) >= 11 is 6.75. The van der Waals surface area contributed by atoms with Gasteiger partial charge in [-0.3, -0.25) is 0 Å². The highest BCUT2D eigenvalue weighted by molar-refractivity contribution is 7.90. The number of ether oxygens (including phenoxy) is 2. The van der Waals surface area contributed by atoms with E-state index in [1.54, 1.807) is 18.2 Å². The number of carboxylic acid groups (broad SMARTS) is 1. The molecule has 0 atom stereocenters. The van der Waals surface area contributed by atoms with Crippen LogP contribution in [0.2, 0.25) is 5.02 Å². The maximum atomic E-state index is 14.8. The van der Waals surface area contributed by atoms with E-state index in [9.17, 15) is 32.3 Å². The molecule has 4 rings (SSSR count). The van der Waals surface area contributed by atoms with E-state index in [4.69, 9.17) is 16.3 Å². The van der Waals surface area contributed by atoms with Gasteiger partial charge >= 0.3 is 18.0 Å². The summed E-state index contributed by atoms with van der Waals surface area (Å²) in [4.78, 5) is 35.4. The van der Waals surface area contributed by atoms with Crippen LogP contribution in [-0.4, -0.2) is 49.7 Å². The molecule has 15 heteroatoms. The van der Waals surface area contributed by atoms with Crippen LogP contribution in [-0.2, 0) is 14.8 Å². The van der Waals surface area contributed by atoms with E-state index in [0.29, 0.717) is 10.4 Å². The topological polar surface area (TPSA) is 153 Å². The lowest BCUT2D eigenvalue weighted by Gasteiger charge is -2.15. The number of amides is 2. The molecule has 2 aromatic heterocycles. The number of carboxylic acids is 1. The van der Waals surface area contributed by atoms with Gasteiger partial charge in [0.1, 0.15) is 21.1 Å². The summed E-state index contributed by atoms with van der Waals surface area (Å²) in [6.07, 6.45) is 1.29. The van der Waals surface area contributed by atoms with Crippen molar-refractivity contribution < 1.29 is 41.8 Å². The molecule has 2 heterocycles. The standard InChI is InChI=1S/C23H17ClFN3O8S2/c1-35-17-8-13(25)14(26-23(32)27-15-10-37-20(22(31)36-2)19(15)21(29)30)9-18(17)38(33,34)28-6-5-11-3-4-12(24)7-16(11)28/h3-10H,1-2H3,(H,29,30)(H2,26,27,32). The van der Waals surface area contributed by atoms with Crippen LogP contribution in [0, 0.1) is 5.82 Å². The number of aromatic nitrogens is 1. The molecule has 11 nitrogen and oxygen atoms in total. The summed E-state index contributed by atoms with van der Waals surface area (Å²) in [5.74, 6) is -3.79. The minimum atomic E-state index is -4.38. The fourth-order valence-corrected chi connectivity index (χ4v) is 6.15. The predicted octanol–water partition coefficient (Wildman–Crippen LogP) is 4.87. The first-order chi connectivity index (χ1) is 18.0. The zero-order valence-corrected chi connectivity index (χ0v) is 21.8. The molecule has 0 spiro atoms. The average Bonchev–Trinajstić information content (AvgIpc) is 3.48. The molecule has 198 valence electrons. The van der Waals surface area contributed by atoms with Crippen LogP contribution in [0.1, 0.15) is 20.0 Å². The lowest BCUT2D eigenvalue weighted by molar-refractivity contribution is 0.0589. The van der Waals surface area contributed by atoms with E-state index in [1.807, 2.05) is 0 Å². The summed E-state index contributed by atoms with van der Waals surface area (Å²) in [5, 5.41) is 15.9. The number of urea groups is 1. The van der Waals surface area contributed by atoms with Crippen LogP contribution < -0.4 is 15.4 Å². The Morgan fingerprint density at radius 3 is 2.45 bits per heavy atom. The summed E-state index contributed by atoms with van der Waals surface area (Å²) in [6, 6.07) is 6.76. The second-order valence-electron chi connectivity index (χ2n) is 7.53. The first-order valence-electron chi connectivity index (χ1n) is 10.4. The van der Waals surface area contributed by atoms with Gasteiger partial charge in [0.25, 0.3) is 10.0 Å². The number of esters is 1. The summed E-state index contributed by atoms with van der Waals surface area (Å²) in [5.41, 5.74) is -1.06. The Hall–Kier alpha value is -4.14. The third kappa shape index (κ3) is 4.88. The molecule has 0 aliphatic heterocycles. The third-order valence-corrected chi connectivity index (χ3v) is 8.19. The largest absolute Gasteiger partial charge is 0.495 e. The van der Waals surface area contributed by atoms with E-state index in [-0.39, 0.29) is 21.8 Å². The van der Waals surface area contributed by atoms with Crippen molar-refractivity contribution in [3.05, 3.63) is 69.3 Å². The molecule has 0 radical (unpaired) electrons. The van der Waals surface area contributed by atoms with Crippen LogP contribution in [0.5, 0.6) is 5.75 Å². The molecule has 38 heavy (non-hydrogen) atoms. The number of methoxy groups -OCH3 is 2. The minimum absolute atomic E-state index is 0.252. The highest BCUT2D eigenvalue weighted by Crippen LogP contribution is 2.34. The molecular formula is C23H17ClFN3O8S2. The Morgan fingerprint density at radius 2 is 1.79 bits per heavy atom. The monoisotopic (exact) mass is 581 g/mol. The first kappa shape index (κ1) is 26.9. The van der Waals surface area contributed by atoms with Crippen LogP contribution >= 0.6 is 22.9 Å². The van der Waals surface area contributed by atoms with Gasteiger partial charge in [-0.15, -0.1) is 11.3 Å². The van der Waals surface area contributed by atoms with Crippen molar-refractivity contribution in [2.45, 2.75) is 4.90 Å². The number of nitrogens with one attached hydrogen (secondary N) is 2. The third-order valence-electron chi connectivity index (χ3n) is 5.28. The number of thiophene rings is 1. The van der Waals surface area contributed by atoms with Crippen LogP contribution in [0.3, 0.4) is 0 Å². The predicted molar refractivity (Wildman–Crippen MR) is 138 cm³/mol. The number of fused-ring (bicyclic) bond motifs is 1. The molecule has 2 aromatic carbocycles. The van der Waals surface area contributed by atoms with Gasteiger partial charge in [-0.25, -0.2) is 31.2 Å². The Morgan fingerprint density at radius 1 is 1.08 bits per heavy atom. The second kappa shape index (κ2) is 10.3. The van der Waals surface area contributed by atoms with Crippen molar-refractivity contribution in [3.63, 3.8) is 0 Å². The molecule has 0 bridgehead atoms. The Labute approximate surface area is 223 Å². The van der Waals surface area contributed by atoms with Crippen molar-refractivity contribution in [1.82, 2.24) is 3.97 Å². The Kier molecular flexibility index (Phi) is 7.31. The van der Waals surface area contributed by atoms with E-state index < -0.39 is 50.0 Å². The van der Waals surface area contributed by atoms with E-state index in [0.717, 1.165) is 41.7 Å². The van der Waals surface area contributed by atoms with Crippen molar-refractivity contribution in [2.75, 3.05) is 24.9 Å². The molecular weight excluding hydrogens is 565 g/mol. The van der Waals surface area contributed by atoms with Gasteiger partial charge < -0.3 is 25.2 Å². The van der Waals surface area contributed by atoms with Gasteiger partial charge in [-0.2, -0.15) is 0 Å². The average molecular weight is 582 g/mol. The van der Waals surface area contributed by atoms with E-state index in [2.05, 4.69) is 15.4 Å². The number of halogens is 2. The summed E-state index contributed by atoms with van der Waals surface area (Å²) in [6.45, 7) is 0. The highest BCUT2D eigenvalue weighted by atomic mass is 35.5. The van der Waals surface area contributed by atoms with Crippen molar-refractivity contribution in [1.29, 1.82) is 0 Å². The van der Waals surface area contributed by atoms with Crippen molar-refractivity contribution in [2.24, 2.45) is 0 Å². The molecule has 4 aromatic rings. The fourth-order valence-electron chi connectivity index (χ4n) is 3.57. The number of benzene rings is 2. The van der Waals surface area contributed by atoms with E-state index in [1.165, 1.54) is 17.6 Å². The number of anilines is 2. The molecule has 0 aliphatic carbocycles. The lowest BCUT2D eigenvalue weighted by atomic mass is 10.2. The first-order valence-corrected chi connectivity index (χ1v) is 13.1. The molecule has 0 fully saturated rings. The zero-order chi connectivity index (χ0) is 27.8. The maximum Gasteiger partial charge on any atom is 0.349 e. The molecule has 0 saturated heterocycles. The summed E-state index contributed by atoms with van der Waals surface area (Å²) in [7, 11) is -2.16. The smallest absolute Gasteiger partial charge is 0.349 e. The molecule has 0 saturated carbocycles. The zero-order valence-electron chi connectivity index (χ0n) is 19.4. The normalized spacial score (nSPS) is 11.3. The molecule has 0 unspecified atom stereocenters. The maximum absolute atomic E-state index is 14.8. The van der Waals surface area contributed by atoms with Gasteiger partial charge in [0.05, 0.1) is 31.1 Å². The SMILES string of the molecule is COC(=O)c1scc(NC(=O)Nc2cc(S(=O)(=O)n3ccc4ccc(Cl)cc43)c(OC)cc2F)c1C(=O)O. The number of rotatable bonds is 7. The molecule has 0 aliphatic rings. The van der Waals surface area contributed by atoms with E-state index >= 15 is 0 Å². The van der Waals surface area contributed by atoms with Gasteiger partial charge in [-0.05, 0) is 24.3 Å². The van der Waals surface area contributed by atoms with Gasteiger partial charge in [0, 0.05) is 28.1 Å². The minimum Gasteiger partial charge on any atom is -0.495 e. The number of aromatic carboxylic acids is 1.